The first kappa shape index (κ1) is 13.0. The van der Waals surface area contributed by atoms with Crippen molar-refractivity contribution in [2.45, 2.75) is 26.4 Å². The van der Waals surface area contributed by atoms with E-state index in [2.05, 4.69) is 4.98 Å². The fourth-order valence-electron chi connectivity index (χ4n) is 1.59. The molecule has 96 valence electrons. The molecule has 6 heteroatoms. The third-order valence-corrected chi connectivity index (χ3v) is 4.07. The number of aromatic nitrogens is 1. The predicted octanol–water partition coefficient (Wildman–Crippen LogP) is 2.84. The SMILES string of the molecule is CC(C)N(Cc1cccs1)C(=O)c1csc(N)n1. The molecule has 18 heavy (non-hydrogen) atoms. The summed E-state index contributed by atoms with van der Waals surface area (Å²) in [5.74, 6) is -0.0636. The molecule has 0 fully saturated rings. The maximum atomic E-state index is 12.3. The molecule has 1 amide bonds. The van der Waals surface area contributed by atoms with Crippen LogP contribution in [-0.2, 0) is 6.54 Å². The number of carbonyl (C=O) groups excluding carboxylic acids is 1. The van der Waals surface area contributed by atoms with E-state index >= 15 is 0 Å². The molecule has 0 aliphatic heterocycles. The van der Waals surface area contributed by atoms with Crippen LogP contribution >= 0.6 is 22.7 Å². The van der Waals surface area contributed by atoms with E-state index < -0.39 is 0 Å². The molecule has 0 radical (unpaired) electrons. The topological polar surface area (TPSA) is 59.2 Å². The number of thiazole rings is 1. The number of nitrogens with two attached hydrogens (primary N) is 1. The van der Waals surface area contributed by atoms with Crippen LogP contribution in [0.15, 0.2) is 22.9 Å². The highest BCUT2D eigenvalue weighted by Gasteiger charge is 2.21. The van der Waals surface area contributed by atoms with Crippen LogP contribution in [0.2, 0.25) is 0 Å². The third kappa shape index (κ3) is 2.88. The molecule has 0 aliphatic rings. The van der Waals surface area contributed by atoms with Crippen LogP contribution in [0.25, 0.3) is 0 Å². The van der Waals surface area contributed by atoms with Gasteiger partial charge in [0.2, 0.25) is 0 Å². The van der Waals surface area contributed by atoms with Crippen LogP contribution in [0.1, 0.15) is 29.2 Å². The van der Waals surface area contributed by atoms with Gasteiger partial charge in [0.1, 0.15) is 5.69 Å². The summed E-state index contributed by atoms with van der Waals surface area (Å²) in [6.07, 6.45) is 0. The van der Waals surface area contributed by atoms with Gasteiger partial charge in [0.15, 0.2) is 5.13 Å². The summed E-state index contributed by atoms with van der Waals surface area (Å²) >= 11 is 2.94. The van der Waals surface area contributed by atoms with Gasteiger partial charge in [0, 0.05) is 16.3 Å². The first-order chi connectivity index (χ1) is 8.58. The smallest absolute Gasteiger partial charge is 0.273 e. The van der Waals surface area contributed by atoms with Crippen molar-refractivity contribution in [2.24, 2.45) is 0 Å². The third-order valence-electron chi connectivity index (χ3n) is 2.53. The minimum atomic E-state index is -0.0636. The zero-order valence-electron chi connectivity index (χ0n) is 10.3. The van der Waals surface area contributed by atoms with E-state index in [-0.39, 0.29) is 11.9 Å². The van der Waals surface area contributed by atoms with Crippen molar-refractivity contribution >= 4 is 33.7 Å². The van der Waals surface area contributed by atoms with E-state index in [1.54, 1.807) is 21.6 Å². The van der Waals surface area contributed by atoms with Gasteiger partial charge in [-0.2, -0.15) is 0 Å². The Morgan fingerprint density at radius 3 is 2.78 bits per heavy atom. The van der Waals surface area contributed by atoms with Crippen molar-refractivity contribution < 1.29 is 4.79 Å². The molecule has 2 rings (SSSR count). The summed E-state index contributed by atoms with van der Waals surface area (Å²) in [6, 6.07) is 4.15. The summed E-state index contributed by atoms with van der Waals surface area (Å²) in [4.78, 5) is 19.4. The van der Waals surface area contributed by atoms with E-state index in [4.69, 9.17) is 5.73 Å². The van der Waals surface area contributed by atoms with E-state index in [1.165, 1.54) is 16.2 Å². The molecule has 0 bridgehead atoms. The van der Waals surface area contributed by atoms with Crippen molar-refractivity contribution in [3.05, 3.63) is 33.5 Å². The molecule has 0 saturated carbocycles. The Hall–Kier alpha value is -1.40. The lowest BCUT2D eigenvalue weighted by Gasteiger charge is -2.25. The lowest BCUT2D eigenvalue weighted by atomic mass is 10.2. The minimum Gasteiger partial charge on any atom is -0.375 e. The summed E-state index contributed by atoms with van der Waals surface area (Å²) in [5.41, 5.74) is 6.00. The molecule has 4 nitrogen and oxygen atoms in total. The number of nitrogens with zero attached hydrogens (tertiary/aromatic N) is 2. The number of carbonyl (C=O) groups is 1. The second kappa shape index (κ2) is 5.49. The normalized spacial score (nSPS) is 10.8. The number of thiophene rings is 1. The summed E-state index contributed by atoms with van der Waals surface area (Å²) in [7, 11) is 0. The lowest BCUT2D eigenvalue weighted by molar-refractivity contribution is 0.0687. The first-order valence-electron chi connectivity index (χ1n) is 5.62. The van der Waals surface area contributed by atoms with E-state index in [0.29, 0.717) is 17.4 Å². The van der Waals surface area contributed by atoms with Crippen molar-refractivity contribution in [3.63, 3.8) is 0 Å². The number of hydrogen-bond acceptors (Lipinski definition) is 5. The molecule has 0 aliphatic carbocycles. The fourth-order valence-corrected chi connectivity index (χ4v) is 2.83. The number of nitrogen functional groups attached to an aromatic ring is 1. The second-order valence-corrected chi connectivity index (χ2v) is 6.10. The van der Waals surface area contributed by atoms with Crippen molar-refractivity contribution in [1.82, 2.24) is 9.88 Å². The maximum absolute atomic E-state index is 12.3. The van der Waals surface area contributed by atoms with E-state index in [0.717, 1.165) is 0 Å². The molecule has 2 N–H and O–H groups in total. The van der Waals surface area contributed by atoms with Crippen LogP contribution in [0.5, 0.6) is 0 Å². The Labute approximate surface area is 114 Å². The van der Waals surface area contributed by atoms with Gasteiger partial charge < -0.3 is 10.6 Å². The predicted molar refractivity (Wildman–Crippen MR) is 75.9 cm³/mol. The highest BCUT2D eigenvalue weighted by Crippen LogP contribution is 2.18. The average Bonchev–Trinajstić information content (AvgIpc) is 2.95. The number of amides is 1. The van der Waals surface area contributed by atoms with Gasteiger partial charge in [-0.3, -0.25) is 4.79 Å². The van der Waals surface area contributed by atoms with E-state index in [9.17, 15) is 4.79 Å². The number of rotatable bonds is 4. The van der Waals surface area contributed by atoms with Gasteiger partial charge in [-0.05, 0) is 25.3 Å². The van der Waals surface area contributed by atoms with Crippen LogP contribution in [0.3, 0.4) is 0 Å². The van der Waals surface area contributed by atoms with Crippen molar-refractivity contribution in [1.29, 1.82) is 0 Å². The van der Waals surface area contributed by atoms with Crippen molar-refractivity contribution in [2.75, 3.05) is 5.73 Å². The van der Waals surface area contributed by atoms with Gasteiger partial charge in [-0.1, -0.05) is 6.07 Å². The molecule has 0 aromatic carbocycles. The number of anilines is 1. The Bertz CT molecular complexity index is 519. The monoisotopic (exact) mass is 281 g/mol. The molecular weight excluding hydrogens is 266 g/mol. The fraction of sp³-hybridized carbons (Fsp3) is 0.333. The molecule has 2 heterocycles. The van der Waals surface area contributed by atoms with Crippen LogP contribution in [0.4, 0.5) is 5.13 Å². The average molecular weight is 281 g/mol. The largest absolute Gasteiger partial charge is 0.375 e. The second-order valence-electron chi connectivity index (χ2n) is 4.18. The Balaban J connectivity index is 2.17. The van der Waals surface area contributed by atoms with Gasteiger partial charge in [0.25, 0.3) is 5.91 Å². The van der Waals surface area contributed by atoms with Gasteiger partial charge in [-0.15, -0.1) is 22.7 Å². The highest BCUT2D eigenvalue weighted by atomic mass is 32.1. The summed E-state index contributed by atoms with van der Waals surface area (Å²) in [5, 5.41) is 4.15. The van der Waals surface area contributed by atoms with Gasteiger partial charge in [0.05, 0.1) is 6.54 Å². The van der Waals surface area contributed by atoms with Gasteiger partial charge >= 0.3 is 0 Å². The quantitative estimate of drug-likeness (QED) is 0.937. The van der Waals surface area contributed by atoms with Gasteiger partial charge in [-0.25, -0.2) is 4.98 Å². The Kier molecular flexibility index (Phi) is 3.98. The van der Waals surface area contributed by atoms with Crippen molar-refractivity contribution in [3.8, 4) is 0 Å². The molecule has 0 saturated heterocycles. The van der Waals surface area contributed by atoms with E-state index in [1.807, 2.05) is 31.4 Å². The Morgan fingerprint density at radius 1 is 1.50 bits per heavy atom. The lowest BCUT2D eigenvalue weighted by Crippen LogP contribution is -2.36. The Morgan fingerprint density at radius 2 is 2.28 bits per heavy atom. The molecular formula is C12H15N3OS2. The first-order valence-corrected chi connectivity index (χ1v) is 7.38. The molecule has 2 aromatic rings. The zero-order valence-corrected chi connectivity index (χ0v) is 11.9. The zero-order chi connectivity index (χ0) is 13.1. The summed E-state index contributed by atoms with van der Waals surface area (Å²) < 4.78 is 0. The summed E-state index contributed by atoms with van der Waals surface area (Å²) in [6.45, 7) is 4.62. The maximum Gasteiger partial charge on any atom is 0.273 e. The molecule has 0 spiro atoms. The van der Waals surface area contributed by atoms with Crippen LogP contribution in [-0.4, -0.2) is 21.8 Å². The van der Waals surface area contributed by atoms with Crippen LogP contribution < -0.4 is 5.73 Å². The van der Waals surface area contributed by atoms with Crippen LogP contribution in [0, 0.1) is 0 Å². The highest BCUT2D eigenvalue weighted by molar-refractivity contribution is 7.13. The standard InChI is InChI=1S/C12H15N3OS2/c1-8(2)15(6-9-4-3-5-17-9)11(16)10-7-18-12(13)14-10/h3-5,7-8H,6H2,1-2H3,(H2,13,14). The minimum absolute atomic E-state index is 0.0636. The molecule has 2 aromatic heterocycles. The molecule has 0 unspecified atom stereocenters. The number of hydrogen-bond donors (Lipinski definition) is 1. The molecule has 0 atom stereocenters.